The van der Waals surface area contributed by atoms with Crippen molar-refractivity contribution in [3.05, 3.63) is 29.3 Å². The van der Waals surface area contributed by atoms with E-state index in [1.807, 2.05) is 12.1 Å². The van der Waals surface area contributed by atoms with E-state index in [0.29, 0.717) is 30.9 Å². The van der Waals surface area contributed by atoms with E-state index in [9.17, 15) is 4.79 Å². The van der Waals surface area contributed by atoms with Gasteiger partial charge in [0.25, 0.3) is 0 Å². The Hall–Kier alpha value is -1.39. The van der Waals surface area contributed by atoms with E-state index in [-0.39, 0.29) is 5.78 Å². The Kier molecular flexibility index (Phi) is 4.95. The lowest BCUT2D eigenvalue weighted by Crippen LogP contribution is -2.11. The quantitative estimate of drug-likeness (QED) is 0.740. The van der Waals surface area contributed by atoms with E-state index in [4.69, 9.17) is 15.2 Å². The van der Waals surface area contributed by atoms with Crippen molar-refractivity contribution in [3.63, 3.8) is 0 Å². The maximum absolute atomic E-state index is 11.8. The van der Waals surface area contributed by atoms with E-state index >= 15 is 0 Å². The fourth-order valence-corrected chi connectivity index (χ4v) is 1.49. The molecule has 0 bridgehead atoms. The monoisotopic (exact) mass is 223 g/mol. The zero-order chi connectivity index (χ0) is 12.0. The van der Waals surface area contributed by atoms with Crippen LogP contribution in [0.15, 0.2) is 18.2 Å². The van der Waals surface area contributed by atoms with Gasteiger partial charge in [-0.3, -0.25) is 4.79 Å². The molecule has 1 rings (SSSR count). The molecule has 0 spiro atoms. The van der Waals surface area contributed by atoms with Gasteiger partial charge >= 0.3 is 0 Å². The fourth-order valence-electron chi connectivity index (χ4n) is 1.49. The van der Waals surface area contributed by atoms with Crippen molar-refractivity contribution in [3.8, 4) is 5.75 Å². The summed E-state index contributed by atoms with van der Waals surface area (Å²) in [5.41, 5.74) is 6.87. The van der Waals surface area contributed by atoms with Crippen LogP contribution in [0.3, 0.4) is 0 Å². The highest BCUT2D eigenvalue weighted by molar-refractivity contribution is 5.98. The van der Waals surface area contributed by atoms with Crippen molar-refractivity contribution in [1.82, 2.24) is 0 Å². The molecule has 0 amide bonds. The predicted octanol–water partition coefficient (Wildman–Crippen LogP) is 1.37. The SMILES string of the molecule is COCc1ccc(OC)cc1C(=O)CCN. The summed E-state index contributed by atoms with van der Waals surface area (Å²) in [6, 6.07) is 5.38. The number of ether oxygens (including phenoxy) is 2. The number of hydrogen-bond donors (Lipinski definition) is 1. The maximum atomic E-state index is 11.8. The molecule has 0 radical (unpaired) electrons. The average molecular weight is 223 g/mol. The summed E-state index contributed by atoms with van der Waals surface area (Å²) in [5.74, 6) is 0.689. The molecular formula is C12H17NO3. The third-order valence-corrected chi connectivity index (χ3v) is 2.29. The van der Waals surface area contributed by atoms with Crippen molar-refractivity contribution in [1.29, 1.82) is 0 Å². The van der Waals surface area contributed by atoms with E-state index in [1.54, 1.807) is 20.3 Å². The molecule has 4 nitrogen and oxygen atoms in total. The van der Waals surface area contributed by atoms with Crippen molar-refractivity contribution in [2.75, 3.05) is 20.8 Å². The number of methoxy groups -OCH3 is 2. The summed E-state index contributed by atoms with van der Waals surface area (Å²) < 4.78 is 10.1. The van der Waals surface area contributed by atoms with Gasteiger partial charge in [-0.1, -0.05) is 6.07 Å². The average Bonchev–Trinajstić information content (AvgIpc) is 2.30. The highest BCUT2D eigenvalue weighted by atomic mass is 16.5. The molecule has 1 aromatic carbocycles. The van der Waals surface area contributed by atoms with Gasteiger partial charge in [0.2, 0.25) is 0 Å². The summed E-state index contributed by atoms with van der Waals surface area (Å²) in [4.78, 5) is 11.8. The number of rotatable bonds is 6. The molecule has 4 heteroatoms. The Balaban J connectivity index is 3.04. The van der Waals surface area contributed by atoms with Gasteiger partial charge in [-0.2, -0.15) is 0 Å². The largest absolute Gasteiger partial charge is 0.497 e. The first-order chi connectivity index (χ1) is 7.72. The minimum absolute atomic E-state index is 0.0217. The Morgan fingerprint density at radius 1 is 1.38 bits per heavy atom. The second-order valence-corrected chi connectivity index (χ2v) is 3.42. The third kappa shape index (κ3) is 3.05. The molecule has 0 saturated heterocycles. The minimum Gasteiger partial charge on any atom is -0.497 e. The van der Waals surface area contributed by atoms with Crippen molar-refractivity contribution in [2.45, 2.75) is 13.0 Å². The molecule has 0 heterocycles. The standard InChI is InChI=1S/C12H17NO3/c1-15-8-9-3-4-10(16-2)7-11(9)12(14)5-6-13/h3-4,7H,5-6,8,13H2,1-2H3. The first-order valence-electron chi connectivity index (χ1n) is 5.12. The van der Waals surface area contributed by atoms with Gasteiger partial charge in [-0.15, -0.1) is 0 Å². The van der Waals surface area contributed by atoms with E-state index < -0.39 is 0 Å². The van der Waals surface area contributed by atoms with Crippen molar-refractivity contribution < 1.29 is 14.3 Å². The first-order valence-corrected chi connectivity index (χ1v) is 5.12. The Bertz CT molecular complexity index is 363. The molecule has 88 valence electrons. The number of nitrogens with two attached hydrogens (primary N) is 1. The van der Waals surface area contributed by atoms with Gasteiger partial charge in [-0.05, 0) is 24.2 Å². The lowest BCUT2D eigenvalue weighted by atomic mass is 10.0. The van der Waals surface area contributed by atoms with Crippen molar-refractivity contribution >= 4 is 5.78 Å². The Labute approximate surface area is 95.3 Å². The molecule has 0 unspecified atom stereocenters. The topological polar surface area (TPSA) is 61.5 Å². The van der Waals surface area contributed by atoms with Crippen LogP contribution in [0, 0.1) is 0 Å². The van der Waals surface area contributed by atoms with Crippen LogP contribution in [0.25, 0.3) is 0 Å². The van der Waals surface area contributed by atoms with Crippen LogP contribution in [-0.2, 0) is 11.3 Å². The van der Waals surface area contributed by atoms with Crippen LogP contribution in [0.2, 0.25) is 0 Å². The number of benzene rings is 1. The Morgan fingerprint density at radius 3 is 2.69 bits per heavy atom. The molecule has 0 aromatic heterocycles. The second kappa shape index (κ2) is 6.25. The molecule has 16 heavy (non-hydrogen) atoms. The highest BCUT2D eigenvalue weighted by Crippen LogP contribution is 2.19. The normalized spacial score (nSPS) is 10.2. The molecule has 0 saturated carbocycles. The van der Waals surface area contributed by atoms with Crippen molar-refractivity contribution in [2.24, 2.45) is 5.73 Å². The molecule has 0 aliphatic carbocycles. The molecule has 2 N–H and O–H groups in total. The number of Topliss-reactive ketones (excluding diaryl/α,β-unsaturated/α-hetero) is 1. The van der Waals surface area contributed by atoms with E-state index in [2.05, 4.69) is 0 Å². The molecule has 0 fully saturated rings. The summed E-state index contributed by atoms with van der Waals surface area (Å²) >= 11 is 0. The lowest BCUT2D eigenvalue weighted by Gasteiger charge is -2.09. The van der Waals surface area contributed by atoms with Crippen LogP contribution in [0.5, 0.6) is 5.75 Å². The Morgan fingerprint density at radius 2 is 2.12 bits per heavy atom. The maximum Gasteiger partial charge on any atom is 0.164 e. The van der Waals surface area contributed by atoms with Gasteiger partial charge in [0.05, 0.1) is 13.7 Å². The third-order valence-electron chi connectivity index (χ3n) is 2.29. The van der Waals surface area contributed by atoms with E-state index in [0.717, 1.165) is 5.56 Å². The van der Waals surface area contributed by atoms with Crippen LogP contribution < -0.4 is 10.5 Å². The second-order valence-electron chi connectivity index (χ2n) is 3.42. The van der Waals surface area contributed by atoms with Crippen LogP contribution >= 0.6 is 0 Å². The summed E-state index contributed by atoms with van der Waals surface area (Å²) in [6.45, 7) is 0.762. The van der Waals surface area contributed by atoms with Gasteiger partial charge in [0.1, 0.15) is 5.75 Å². The highest BCUT2D eigenvalue weighted by Gasteiger charge is 2.11. The number of carbonyl (C=O) groups excluding carboxylic acids is 1. The number of ketones is 1. The van der Waals surface area contributed by atoms with Crippen LogP contribution in [-0.4, -0.2) is 26.5 Å². The summed E-state index contributed by atoms with van der Waals surface area (Å²) in [6.07, 6.45) is 0.337. The zero-order valence-corrected chi connectivity index (χ0v) is 9.66. The zero-order valence-electron chi connectivity index (χ0n) is 9.66. The van der Waals surface area contributed by atoms with Gasteiger partial charge in [0.15, 0.2) is 5.78 Å². The van der Waals surface area contributed by atoms with Crippen LogP contribution in [0.1, 0.15) is 22.3 Å². The van der Waals surface area contributed by atoms with Gasteiger partial charge in [0, 0.05) is 19.1 Å². The predicted molar refractivity (Wildman–Crippen MR) is 61.7 cm³/mol. The summed E-state index contributed by atoms with van der Waals surface area (Å²) in [7, 11) is 3.17. The molecule has 0 atom stereocenters. The van der Waals surface area contributed by atoms with Gasteiger partial charge in [-0.25, -0.2) is 0 Å². The number of carbonyl (C=O) groups is 1. The lowest BCUT2D eigenvalue weighted by molar-refractivity contribution is 0.0980. The van der Waals surface area contributed by atoms with Crippen LogP contribution in [0.4, 0.5) is 0 Å². The summed E-state index contributed by atoms with van der Waals surface area (Å²) in [5, 5.41) is 0. The molecule has 0 aliphatic heterocycles. The fraction of sp³-hybridized carbons (Fsp3) is 0.417. The molecule has 0 aliphatic rings. The first kappa shape index (κ1) is 12.7. The minimum atomic E-state index is 0.0217. The smallest absolute Gasteiger partial charge is 0.164 e. The molecular weight excluding hydrogens is 206 g/mol. The molecule has 1 aromatic rings. The van der Waals surface area contributed by atoms with E-state index in [1.165, 1.54) is 0 Å². The number of hydrogen-bond acceptors (Lipinski definition) is 4. The van der Waals surface area contributed by atoms with Gasteiger partial charge < -0.3 is 15.2 Å².